The van der Waals surface area contributed by atoms with Gasteiger partial charge in [0, 0.05) is 16.8 Å². The first kappa shape index (κ1) is 16.5. The Morgan fingerprint density at radius 3 is 2.62 bits per heavy atom. The number of benzene rings is 1. The molecule has 3 N–H and O–H groups in total. The first-order valence-corrected chi connectivity index (χ1v) is 10.1. The lowest BCUT2D eigenvalue weighted by molar-refractivity contribution is 0.517. The third kappa shape index (κ3) is 3.88. The minimum atomic E-state index is -3.85. The van der Waals surface area contributed by atoms with Crippen LogP contribution in [0.3, 0.4) is 0 Å². The molecule has 0 aliphatic carbocycles. The third-order valence-electron chi connectivity index (χ3n) is 3.45. The summed E-state index contributed by atoms with van der Waals surface area (Å²) in [6.45, 7) is 1.69. The first-order chi connectivity index (χ1) is 9.61. The van der Waals surface area contributed by atoms with Gasteiger partial charge in [0.15, 0.2) is 9.84 Å². The predicted octanol–water partition coefficient (Wildman–Crippen LogP) is 1.09. The predicted molar refractivity (Wildman–Crippen MR) is 82.6 cm³/mol. The molecule has 1 fully saturated rings. The van der Waals surface area contributed by atoms with Crippen LogP contribution in [0.1, 0.15) is 18.4 Å². The molecule has 0 spiro atoms. The van der Waals surface area contributed by atoms with E-state index in [1.807, 2.05) is 0 Å². The van der Waals surface area contributed by atoms with E-state index in [4.69, 9.17) is 17.3 Å². The number of sulfone groups is 1. The van der Waals surface area contributed by atoms with E-state index < -0.39 is 25.9 Å². The second-order valence-electron chi connectivity index (χ2n) is 5.19. The van der Waals surface area contributed by atoms with E-state index >= 15 is 0 Å². The molecule has 1 unspecified atom stereocenters. The van der Waals surface area contributed by atoms with Gasteiger partial charge in [-0.05, 0) is 37.5 Å². The number of nitrogens with one attached hydrogen (secondary N) is 1. The molecule has 0 amide bonds. The molecule has 1 heterocycles. The van der Waals surface area contributed by atoms with Crippen LogP contribution in [0.15, 0.2) is 17.0 Å². The van der Waals surface area contributed by atoms with E-state index in [9.17, 15) is 16.8 Å². The summed E-state index contributed by atoms with van der Waals surface area (Å²) in [5.41, 5.74) is 6.61. The van der Waals surface area contributed by atoms with Crippen LogP contribution in [-0.2, 0) is 19.9 Å². The maximum absolute atomic E-state index is 12.3. The normalized spacial score (nSPS) is 22.1. The Hall–Kier alpha value is -0.830. The van der Waals surface area contributed by atoms with Gasteiger partial charge in [-0.15, -0.1) is 0 Å². The zero-order chi connectivity index (χ0) is 15.8. The molecule has 1 aromatic carbocycles. The second kappa shape index (κ2) is 5.75. The van der Waals surface area contributed by atoms with Gasteiger partial charge >= 0.3 is 0 Å². The van der Waals surface area contributed by atoms with Gasteiger partial charge in [0.2, 0.25) is 10.0 Å². The van der Waals surface area contributed by atoms with Gasteiger partial charge < -0.3 is 5.73 Å². The van der Waals surface area contributed by atoms with Gasteiger partial charge in [0.05, 0.1) is 16.4 Å². The highest BCUT2D eigenvalue weighted by Crippen LogP contribution is 2.26. The van der Waals surface area contributed by atoms with Crippen molar-refractivity contribution in [2.75, 3.05) is 17.2 Å². The fraction of sp³-hybridized carbons (Fsp3) is 0.500. The number of sulfonamides is 1. The molecule has 1 atom stereocenters. The highest BCUT2D eigenvalue weighted by molar-refractivity contribution is 7.91. The zero-order valence-electron chi connectivity index (χ0n) is 11.5. The highest BCUT2D eigenvalue weighted by Gasteiger charge is 2.29. The van der Waals surface area contributed by atoms with E-state index in [2.05, 4.69) is 4.72 Å². The average molecular weight is 353 g/mol. The lowest BCUT2D eigenvalue weighted by Crippen LogP contribution is -2.43. The Kier molecular flexibility index (Phi) is 4.53. The highest BCUT2D eigenvalue weighted by atomic mass is 35.5. The Morgan fingerprint density at radius 2 is 2.05 bits per heavy atom. The molecule has 6 nitrogen and oxygen atoms in total. The Balaban J connectivity index is 2.27. The fourth-order valence-corrected chi connectivity index (χ4v) is 5.60. The van der Waals surface area contributed by atoms with E-state index in [0.717, 1.165) is 0 Å². The minimum Gasteiger partial charge on any atom is -0.398 e. The van der Waals surface area contributed by atoms with Gasteiger partial charge in [0.25, 0.3) is 0 Å². The lowest BCUT2D eigenvalue weighted by Gasteiger charge is -2.23. The number of rotatable bonds is 3. The van der Waals surface area contributed by atoms with Gasteiger partial charge in [-0.1, -0.05) is 11.6 Å². The van der Waals surface area contributed by atoms with Crippen molar-refractivity contribution in [3.05, 3.63) is 22.7 Å². The van der Waals surface area contributed by atoms with Crippen LogP contribution in [0.4, 0.5) is 5.69 Å². The molecule has 118 valence electrons. The number of nitrogen functional groups attached to an aromatic ring is 1. The molecule has 1 aliphatic rings. The number of hydrogen-bond acceptors (Lipinski definition) is 5. The molecule has 1 saturated heterocycles. The fourth-order valence-electron chi connectivity index (χ4n) is 2.23. The molecule has 0 bridgehead atoms. The summed E-state index contributed by atoms with van der Waals surface area (Å²) in [5.74, 6) is -0.0736. The minimum absolute atomic E-state index is 0.0569. The van der Waals surface area contributed by atoms with Crippen molar-refractivity contribution in [1.82, 2.24) is 4.72 Å². The number of hydrogen-bond donors (Lipinski definition) is 2. The molecule has 0 saturated carbocycles. The SMILES string of the molecule is Cc1c(N)cc(S(=O)(=O)NC2CCCS(=O)(=O)C2)cc1Cl. The van der Waals surface area contributed by atoms with Crippen LogP contribution in [0.5, 0.6) is 0 Å². The maximum Gasteiger partial charge on any atom is 0.240 e. The summed E-state index contributed by atoms with van der Waals surface area (Å²) in [7, 11) is -7.04. The molecule has 1 aliphatic heterocycles. The van der Waals surface area contributed by atoms with E-state index in [1.165, 1.54) is 12.1 Å². The van der Waals surface area contributed by atoms with Crippen LogP contribution >= 0.6 is 11.6 Å². The summed E-state index contributed by atoms with van der Waals surface area (Å²) < 4.78 is 50.2. The van der Waals surface area contributed by atoms with Crippen molar-refractivity contribution < 1.29 is 16.8 Å². The summed E-state index contributed by atoms with van der Waals surface area (Å²) in [6, 6.07) is 2.02. The zero-order valence-corrected chi connectivity index (χ0v) is 13.9. The monoisotopic (exact) mass is 352 g/mol. The van der Waals surface area contributed by atoms with Crippen molar-refractivity contribution in [3.8, 4) is 0 Å². The molecule has 0 aromatic heterocycles. The van der Waals surface area contributed by atoms with Crippen LogP contribution in [0.2, 0.25) is 5.02 Å². The first-order valence-electron chi connectivity index (χ1n) is 6.39. The quantitative estimate of drug-likeness (QED) is 0.792. The van der Waals surface area contributed by atoms with E-state index in [-0.39, 0.29) is 27.1 Å². The Labute approximate surface area is 129 Å². The molecule has 0 radical (unpaired) electrons. The van der Waals surface area contributed by atoms with E-state index in [1.54, 1.807) is 6.92 Å². The molecule has 21 heavy (non-hydrogen) atoms. The van der Waals surface area contributed by atoms with Crippen molar-refractivity contribution >= 4 is 37.1 Å². The third-order valence-corrected chi connectivity index (χ3v) is 7.17. The summed E-state index contributed by atoms with van der Waals surface area (Å²) >= 11 is 5.95. The van der Waals surface area contributed by atoms with E-state index in [0.29, 0.717) is 18.4 Å². The van der Waals surface area contributed by atoms with Crippen molar-refractivity contribution in [1.29, 1.82) is 0 Å². The van der Waals surface area contributed by atoms with Crippen molar-refractivity contribution in [2.24, 2.45) is 0 Å². The second-order valence-corrected chi connectivity index (χ2v) is 9.54. The number of halogens is 1. The van der Waals surface area contributed by atoms with Crippen LogP contribution in [0, 0.1) is 6.92 Å². The number of nitrogens with two attached hydrogens (primary N) is 1. The Bertz CT molecular complexity index is 736. The largest absolute Gasteiger partial charge is 0.398 e. The Morgan fingerprint density at radius 1 is 1.38 bits per heavy atom. The molecule has 1 aromatic rings. The lowest BCUT2D eigenvalue weighted by atomic mass is 10.2. The molecule has 9 heteroatoms. The topological polar surface area (TPSA) is 106 Å². The van der Waals surface area contributed by atoms with Crippen LogP contribution < -0.4 is 10.5 Å². The maximum atomic E-state index is 12.3. The molecular weight excluding hydrogens is 336 g/mol. The summed E-state index contributed by atoms with van der Waals surface area (Å²) in [4.78, 5) is -0.0569. The summed E-state index contributed by atoms with van der Waals surface area (Å²) in [6.07, 6.45) is 0.944. The summed E-state index contributed by atoms with van der Waals surface area (Å²) in [5, 5.41) is 0.256. The van der Waals surface area contributed by atoms with Crippen LogP contribution in [-0.4, -0.2) is 34.4 Å². The standard InChI is InChI=1S/C12H17ClN2O4S2/c1-8-11(13)5-10(6-12(8)14)21(18,19)15-9-3-2-4-20(16,17)7-9/h5-6,9,15H,2-4,7,14H2,1H3. The van der Waals surface area contributed by atoms with Gasteiger partial charge in [-0.25, -0.2) is 21.6 Å². The number of anilines is 1. The van der Waals surface area contributed by atoms with Gasteiger partial charge in [-0.2, -0.15) is 0 Å². The average Bonchev–Trinajstić information content (AvgIpc) is 2.33. The van der Waals surface area contributed by atoms with Crippen LogP contribution in [0.25, 0.3) is 0 Å². The van der Waals surface area contributed by atoms with Crippen molar-refractivity contribution in [2.45, 2.75) is 30.7 Å². The van der Waals surface area contributed by atoms with Crippen molar-refractivity contribution in [3.63, 3.8) is 0 Å². The molecule has 2 rings (SSSR count). The smallest absolute Gasteiger partial charge is 0.240 e. The molecular formula is C12H17ClN2O4S2. The van der Waals surface area contributed by atoms with Gasteiger partial charge in [-0.3, -0.25) is 0 Å². The van der Waals surface area contributed by atoms with Gasteiger partial charge in [0.1, 0.15) is 0 Å².